The minimum atomic E-state index is -2.23. The average Bonchev–Trinajstić information content (AvgIpc) is 2.48. The maximum absolute atomic E-state index is 13.6. The summed E-state index contributed by atoms with van der Waals surface area (Å²) < 4.78 is 66.3. The number of hydrogen-bond acceptors (Lipinski definition) is 3. The van der Waals surface area contributed by atoms with E-state index in [2.05, 4.69) is 5.32 Å². The number of carboxylic acids is 1. The smallest absolute Gasteiger partial charge is 0.322 e. The van der Waals surface area contributed by atoms with Gasteiger partial charge in [0.15, 0.2) is 23.3 Å². The molecule has 1 aliphatic heterocycles. The van der Waals surface area contributed by atoms with Gasteiger partial charge in [-0.2, -0.15) is 0 Å². The number of nitrogens with one attached hydrogen (secondary N) is 1. The molecule has 1 aromatic rings. The maximum Gasteiger partial charge on any atom is 0.322 e. The van der Waals surface area contributed by atoms with Crippen molar-refractivity contribution < 1.29 is 31.9 Å². The zero-order chi connectivity index (χ0) is 15.7. The van der Waals surface area contributed by atoms with Crippen LogP contribution in [0.15, 0.2) is 0 Å². The van der Waals surface area contributed by atoms with Crippen molar-refractivity contribution in [2.24, 2.45) is 0 Å². The summed E-state index contributed by atoms with van der Waals surface area (Å²) in [5, 5.41) is 11.8. The van der Waals surface area contributed by atoms with Gasteiger partial charge >= 0.3 is 5.97 Å². The SMILES string of the molecule is O=C(O)C1CNCCN1Cc1c(F)c(F)c(F)c(F)c1F. The van der Waals surface area contributed by atoms with Crippen LogP contribution in [0.25, 0.3) is 0 Å². The molecule has 0 aromatic heterocycles. The molecule has 21 heavy (non-hydrogen) atoms. The second-order valence-electron chi connectivity index (χ2n) is 4.58. The molecule has 116 valence electrons. The van der Waals surface area contributed by atoms with Gasteiger partial charge in [-0.1, -0.05) is 0 Å². The van der Waals surface area contributed by atoms with Crippen LogP contribution in [0, 0.1) is 29.1 Å². The molecule has 0 saturated carbocycles. The first-order valence-electron chi connectivity index (χ1n) is 6.02. The highest BCUT2D eigenvalue weighted by Gasteiger charge is 2.32. The van der Waals surface area contributed by atoms with E-state index < -0.39 is 53.2 Å². The highest BCUT2D eigenvalue weighted by Crippen LogP contribution is 2.25. The summed E-state index contributed by atoms with van der Waals surface area (Å²) in [4.78, 5) is 12.2. The normalized spacial score (nSPS) is 19.8. The second kappa shape index (κ2) is 5.94. The van der Waals surface area contributed by atoms with Crippen molar-refractivity contribution in [2.45, 2.75) is 12.6 Å². The lowest BCUT2D eigenvalue weighted by Crippen LogP contribution is -2.54. The average molecular weight is 310 g/mol. The van der Waals surface area contributed by atoms with Crippen LogP contribution in [0.4, 0.5) is 22.0 Å². The van der Waals surface area contributed by atoms with Crippen LogP contribution < -0.4 is 5.32 Å². The predicted octanol–water partition coefficient (Wildman–Crippen LogP) is 1.24. The number of carboxylic acid groups (broad SMARTS) is 1. The summed E-state index contributed by atoms with van der Waals surface area (Å²) in [5.74, 6) is -11.4. The number of halogens is 5. The molecule has 2 rings (SSSR count). The fraction of sp³-hybridized carbons (Fsp3) is 0.417. The van der Waals surface area contributed by atoms with Crippen molar-refractivity contribution in [2.75, 3.05) is 19.6 Å². The van der Waals surface area contributed by atoms with E-state index >= 15 is 0 Å². The van der Waals surface area contributed by atoms with Crippen LogP contribution in [-0.4, -0.2) is 41.7 Å². The summed E-state index contributed by atoms with van der Waals surface area (Å²) in [7, 11) is 0. The predicted molar refractivity (Wildman–Crippen MR) is 60.9 cm³/mol. The molecule has 1 unspecified atom stereocenters. The highest BCUT2D eigenvalue weighted by molar-refractivity contribution is 5.74. The molecular weight excluding hydrogens is 299 g/mol. The van der Waals surface area contributed by atoms with Crippen molar-refractivity contribution in [3.8, 4) is 0 Å². The van der Waals surface area contributed by atoms with E-state index in [1.54, 1.807) is 0 Å². The minimum Gasteiger partial charge on any atom is -0.480 e. The van der Waals surface area contributed by atoms with Gasteiger partial charge in [-0.3, -0.25) is 9.69 Å². The summed E-state index contributed by atoms with van der Waals surface area (Å²) >= 11 is 0. The number of hydrogen-bond donors (Lipinski definition) is 2. The van der Waals surface area contributed by atoms with Crippen LogP contribution in [0.3, 0.4) is 0 Å². The molecule has 1 atom stereocenters. The van der Waals surface area contributed by atoms with Crippen LogP contribution in [0.2, 0.25) is 0 Å². The van der Waals surface area contributed by atoms with Crippen molar-refractivity contribution in [1.29, 1.82) is 0 Å². The van der Waals surface area contributed by atoms with E-state index in [1.165, 1.54) is 0 Å². The molecule has 9 heteroatoms. The molecular formula is C12H11F5N2O2. The first kappa shape index (κ1) is 15.6. The maximum atomic E-state index is 13.6. The van der Waals surface area contributed by atoms with E-state index in [1.807, 2.05) is 0 Å². The molecule has 0 aliphatic carbocycles. The summed E-state index contributed by atoms with van der Waals surface area (Å²) in [5.41, 5.74) is -1.03. The van der Waals surface area contributed by atoms with Crippen molar-refractivity contribution in [1.82, 2.24) is 10.2 Å². The monoisotopic (exact) mass is 310 g/mol. The van der Waals surface area contributed by atoms with E-state index in [9.17, 15) is 26.7 Å². The van der Waals surface area contributed by atoms with Crippen LogP contribution in [-0.2, 0) is 11.3 Å². The summed E-state index contributed by atoms with van der Waals surface area (Å²) in [6, 6.07) is -1.10. The van der Waals surface area contributed by atoms with E-state index in [0.29, 0.717) is 6.54 Å². The van der Waals surface area contributed by atoms with E-state index in [4.69, 9.17) is 5.11 Å². The molecule has 0 radical (unpaired) electrons. The van der Waals surface area contributed by atoms with E-state index in [0.717, 1.165) is 4.90 Å². The lowest BCUT2D eigenvalue weighted by molar-refractivity contribution is -0.144. The van der Waals surface area contributed by atoms with Gasteiger partial charge in [0.05, 0.1) is 0 Å². The van der Waals surface area contributed by atoms with Crippen molar-refractivity contribution >= 4 is 5.97 Å². The Morgan fingerprint density at radius 2 is 1.62 bits per heavy atom. The Kier molecular flexibility index (Phi) is 4.43. The molecule has 1 fully saturated rings. The zero-order valence-corrected chi connectivity index (χ0v) is 10.6. The third kappa shape index (κ3) is 2.84. The minimum absolute atomic E-state index is 0.0186. The van der Waals surface area contributed by atoms with Gasteiger partial charge in [0, 0.05) is 31.7 Å². The Bertz CT molecular complexity index is 552. The molecule has 0 bridgehead atoms. The largest absolute Gasteiger partial charge is 0.480 e. The lowest BCUT2D eigenvalue weighted by atomic mass is 10.1. The van der Waals surface area contributed by atoms with E-state index in [-0.39, 0.29) is 13.1 Å². The highest BCUT2D eigenvalue weighted by atomic mass is 19.2. The number of aliphatic carboxylic acids is 1. The fourth-order valence-corrected chi connectivity index (χ4v) is 2.17. The van der Waals surface area contributed by atoms with Crippen molar-refractivity contribution in [3.63, 3.8) is 0 Å². The number of benzene rings is 1. The van der Waals surface area contributed by atoms with Gasteiger partial charge in [-0.05, 0) is 0 Å². The lowest BCUT2D eigenvalue weighted by Gasteiger charge is -2.33. The quantitative estimate of drug-likeness (QED) is 0.501. The number of carbonyl (C=O) groups is 1. The molecule has 0 spiro atoms. The molecule has 4 nitrogen and oxygen atoms in total. The molecule has 1 aromatic carbocycles. The molecule has 2 N–H and O–H groups in total. The first-order valence-corrected chi connectivity index (χ1v) is 6.02. The van der Waals surface area contributed by atoms with Gasteiger partial charge in [0.1, 0.15) is 6.04 Å². The Labute approximate surface area is 116 Å². The van der Waals surface area contributed by atoms with Crippen LogP contribution in [0.5, 0.6) is 0 Å². The molecule has 1 saturated heterocycles. The zero-order valence-electron chi connectivity index (χ0n) is 10.6. The number of nitrogens with zero attached hydrogens (tertiary/aromatic N) is 1. The molecule has 1 aliphatic rings. The first-order chi connectivity index (χ1) is 9.84. The Balaban J connectivity index is 2.37. The number of piperazine rings is 1. The number of rotatable bonds is 3. The Morgan fingerprint density at radius 1 is 1.10 bits per heavy atom. The van der Waals surface area contributed by atoms with Gasteiger partial charge in [0.25, 0.3) is 0 Å². The van der Waals surface area contributed by atoms with Crippen LogP contribution in [0.1, 0.15) is 5.56 Å². The summed E-state index contributed by atoms with van der Waals surface area (Å²) in [6.07, 6.45) is 0. The third-order valence-electron chi connectivity index (χ3n) is 3.30. The standard InChI is InChI=1S/C12H11F5N2O2/c13-7-5(8(14)10(16)11(17)9(7)15)4-19-2-1-18-3-6(19)12(20)21/h6,18H,1-4H2,(H,20,21). The van der Waals surface area contributed by atoms with Gasteiger partial charge in [-0.15, -0.1) is 0 Å². The van der Waals surface area contributed by atoms with Crippen molar-refractivity contribution in [3.05, 3.63) is 34.6 Å². The Morgan fingerprint density at radius 3 is 2.14 bits per heavy atom. The fourth-order valence-electron chi connectivity index (χ4n) is 2.17. The van der Waals surface area contributed by atoms with Gasteiger partial charge in [-0.25, -0.2) is 22.0 Å². The molecule has 0 amide bonds. The molecule has 1 heterocycles. The third-order valence-corrected chi connectivity index (χ3v) is 3.30. The summed E-state index contributed by atoms with van der Waals surface area (Å²) in [6.45, 7) is -0.204. The topological polar surface area (TPSA) is 52.6 Å². The second-order valence-corrected chi connectivity index (χ2v) is 4.58. The van der Waals surface area contributed by atoms with Gasteiger partial charge < -0.3 is 10.4 Å². The van der Waals surface area contributed by atoms with Gasteiger partial charge in [0.2, 0.25) is 5.82 Å². The Hall–Kier alpha value is -1.74. The van der Waals surface area contributed by atoms with Crippen LogP contribution >= 0.6 is 0 Å².